The molecule has 0 atom stereocenters. The van der Waals surface area contributed by atoms with Crippen molar-refractivity contribution in [2.45, 2.75) is 6.61 Å². The summed E-state index contributed by atoms with van der Waals surface area (Å²) in [6.45, 7) is -0.0746. The largest absolute Gasteiger partial charge is 0.493 e. The highest BCUT2D eigenvalue weighted by Crippen LogP contribution is 2.33. The van der Waals surface area contributed by atoms with E-state index in [0.717, 1.165) is 11.2 Å². The van der Waals surface area contributed by atoms with Gasteiger partial charge in [0.25, 0.3) is 11.6 Å². The molecule has 0 bridgehead atoms. The fourth-order valence-corrected chi connectivity index (χ4v) is 5.11. The van der Waals surface area contributed by atoms with Gasteiger partial charge >= 0.3 is 0 Å². The normalized spacial score (nSPS) is 16.6. The molecule has 0 saturated heterocycles. The molecule has 180 valence electrons. The van der Waals surface area contributed by atoms with Gasteiger partial charge in [-0.05, 0) is 29.8 Å². The highest BCUT2D eigenvalue weighted by molar-refractivity contribution is 8.16. The van der Waals surface area contributed by atoms with E-state index < -0.39 is 20.7 Å². The molecule has 12 nitrogen and oxygen atoms in total. The summed E-state index contributed by atoms with van der Waals surface area (Å²) in [5, 5.41) is 19.2. The Kier molecular flexibility index (Phi) is 6.41. The van der Waals surface area contributed by atoms with E-state index in [1.807, 2.05) is 0 Å². The number of sulfone groups is 1. The lowest BCUT2D eigenvalue weighted by Crippen LogP contribution is -2.45. The van der Waals surface area contributed by atoms with Crippen LogP contribution < -0.4 is 9.47 Å². The van der Waals surface area contributed by atoms with Crippen LogP contribution in [-0.2, 0) is 21.2 Å². The predicted molar refractivity (Wildman–Crippen MR) is 130 cm³/mol. The van der Waals surface area contributed by atoms with E-state index in [2.05, 4.69) is 9.39 Å². The van der Waals surface area contributed by atoms with Crippen LogP contribution in [0.15, 0.2) is 57.4 Å². The van der Waals surface area contributed by atoms with Crippen LogP contribution in [0.5, 0.6) is 11.5 Å². The Morgan fingerprint density at radius 2 is 1.97 bits per heavy atom. The van der Waals surface area contributed by atoms with Gasteiger partial charge in [0, 0.05) is 12.3 Å². The topological polar surface area (TPSA) is 165 Å². The number of hydrogen-bond acceptors (Lipinski definition) is 10. The Bertz CT molecular complexity index is 1460. The number of aliphatic imine (C=N–C) groups is 1. The summed E-state index contributed by atoms with van der Waals surface area (Å²) in [7, 11) is -2.35. The molecule has 0 aliphatic carbocycles. The van der Waals surface area contributed by atoms with Crippen LogP contribution in [0, 0.1) is 15.5 Å². The van der Waals surface area contributed by atoms with Gasteiger partial charge in [0.05, 0.1) is 35.1 Å². The molecule has 35 heavy (non-hydrogen) atoms. The molecule has 2 aromatic rings. The molecule has 1 amide bonds. The van der Waals surface area contributed by atoms with Gasteiger partial charge in [0.15, 0.2) is 11.5 Å². The number of benzene rings is 2. The second kappa shape index (κ2) is 9.31. The fourth-order valence-electron chi connectivity index (χ4n) is 3.26. The maximum atomic E-state index is 12.5. The van der Waals surface area contributed by atoms with E-state index in [1.165, 1.54) is 19.3 Å². The van der Waals surface area contributed by atoms with Gasteiger partial charge < -0.3 is 9.47 Å². The zero-order chi connectivity index (χ0) is 25.3. The molecule has 14 heteroatoms. The third-order valence-electron chi connectivity index (χ3n) is 4.90. The predicted octanol–water partition coefficient (Wildman–Crippen LogP) is 2.80. The van der Waals surface area contributed by atoms with Gasteiger partial charge in [-0.25, -0.2) is 13.3 Å². The van der Waals surface area contributed by atoms with Crippen LogP contribution >= 0.6 is 11.9 Å². The number of amides is 1. The second-order valence-corrected chi connectivity index (χ2v) is 9.90. The van der Waals surface area contributed by atoms with Gasteiger partial charge in [-0.3, -0.25) is 20.3 Å². The molecule has 0 fully saturated rings. The number of methoxy groups -OCH3 is 1. The number of para-hydroxylation sites is 1. The average molecular weight is 516 g/mol. The van der Waals surface area contributed by atoms with E-state index in [1.54, 1.807) is 36.4 Å². The molecular weight excluding hydrogens is 498 g/mol. The van der Waals surface area contributed by atoms with Gasteiger partial charge in [-0.2, -0.15) is 9.39 Å². The molecule has 0 saturated carbocycles. The number of nitro groups is 1. The third-order valence-corrected chi connectivity index (χ3v) is 6.65. The van der Waals surface area contributed by atoms with Crippen LogP contribution in [-0.4, -0.2) is 53.7 Å². The fraction of sp³-hybridized carbons (Fsp3) is 0.143. The van der Waals surface area contributed by atoms with Gasteiger partial charge in [-0.15, -0.1) is 0 Å². The Balaban J connectivity index is 1.61. The minimum Gasteiger partial charge on any atom is -0.493 e. The van der Waals surface area contributed by atoms with E-state index in [0.29, 0.717) is 28.8 Å². The van der Waals surface area contributed by atoms with Crippen molar-refractivity contribution >= 4 is 55.6 Å². The SMILES string of the molecule is COc1cc(C=C2C(=N)N3C(=NC2=O)SN=C3S(C)(=O)=O)ccc1OCc1ccccc1[N+](=O)[O-]. The molecule has 2 aromatic carbocycles. The molecule has 0 unspecified atom stereocenters. The summed E-state index contributed by atoms with van der Waals surface area (Å²) in [5.41, 5.74) is 0.631. The molecule has 4 rings (SSSR count). The monoisotopic (exact) mass is 515 g/mol. The number of hydrogen-bond donors (Lipinski definition) is 1. The lowest BCUT2D eigenvalue weighted by molar-refractivity contribution is -0.385. The van der Waals surface area contributed by atoms with Crippen molar-refractivity contribution in [1.29, 1.82) is 5.41 Å². The number of nitro benzene ring substituents is 1. The first-order chi connectivity index (χ1) is 16.6. The van der Waals surface area contributed by atoms with Crippen molar-refractivity contribution in [3.05, 3.63) is 69.3 Å². The zero-order valence-corrected chi connectivity index (χ0v) is 19.9. The van der Waals surface area contributed by atoms with Crippen LogP contribution in [0.1, 0.15) is 11.1 Å². The standard InChI is InChI=1S/C21H17N5O7S2/c1-32-17-10-12(7-8-16(17)33-11-13-5-3-4-6-15(13)26(28)29)9-14-18(22)25-20(23-19(14)27)34-24-21(25)35(2,30)31/h3-10,22H,11H2,1-2H3. The summed E-state index contributed by atoms with van der Waals surface area (Å²) in [4.78, 5) is 28.1. The lowest BCUT2D eigenvalue weighted by atomic mass is 10.1. The summed E-state index contributed by atoms with van der Waals surface area (Å²) < 4.78 is 38.9. The van der Waals surface area contributed by atoms with E-state index >= 15 is 0 Å². The first-order valence-corrected chi connectivity index (χ1v) is 12.5. The number of fused-ring (bicyclic) bond motifs is 1. The maximum Gasteiger partial charge on any atom is 0.283 e. The van der Waals surface area contributed by atoms with E-state index in [9.17, 15) is 23.3 Å². The number of ether oxygens (including phenoxy) is 2. The van der Waals surface area contributed by atoms with Gasteiger partial charge in [0.1, 0.15) is 12.4 Å². The van der Waals surface area contributed by atoms with Crippen LogP contribution in [0.25, 0.3) is 6.08 Å². The van der Waals surface area contributed by atoms with Crippen LogP contribution in [0.4, 0.5) is 5.69 Å². The second-order valence-electron chi connectivity index (χ2n) is 7.26. The van der Waals surface area contributed by atoms with Crippen molar-refractivity contribution in [3.63, 3.8) is 0 Å². The number of nitrogens with zero attached hydrogens (tertiary/aromatic N) is 4. The highest BCUT2D eigenvalue weighted by atomic mass is 32.2. The Labute approximate surface area is 203 Å². The minimum absolute atomic E-state index is 0.00564. The number of nitrogens with one attached hydrogen (secondary N) is 1. The van der Waals surface area contributed by atoms with Crippen molar-refractivity contribution < 1.29 is 27.6 Å². The number of amidine groups is 3. The highest BCUT2D eigenvalue weighted by Gasteiger charge is 2.41. The summed E-state index contributed by atoms with van der Waals surface area (Å²) in [5.74, 6) is -0.494. The first kappa shape index (κ1) is 24.1. The van der Waals surface area contributed by atoms with Crippen LogP contribution in [0.2, 0.25) is 0 Å². The summed E-state index contributed by atoms with van der Waals surface area (Å²) in [6, 6.07) is 10.9. The molecule has 1 N–H and O–H groups in total. The molecule has 2 heterocycles. The van der Waals surface area contributed by atoms with Crippen molar-refractivity contribution in [2.24, 2.45) is 9.39 Å². The Morgan fingerprint density at radius 3 is 2.66 bits per heavy atom. The van der Waals surface area contributed by atoms with Crippen molar-refractivity contribution in [3.8, 4) is 11.5 Å². The minimum atomic E-state index is -3.76. The Hall–Kier alpha value is -4.04. The van der Waals surface area contributed by atoms with E-state index in [4.69, 9.17) is 14.9 Å². The summed E-state index contributed by atoms with van der Waals surface area (Å²) in [6.07, 6.45) is 2.33. The number of rotatable bonds is 6. The third kappa shape index (κ3) is 4.79. The molecule has 2 aliphatic rings. The number of carbonyl (C=O) groups is 1. The smallest absolute Gasteiger partial charge is 0.283 e. The maximum absolute atomic E-state index is 12.5. The Morgan fingerprint density at radius 1 is 1.23 bits per heavy atom. The molecule has 2 aliphatic heterocycles. The quantitative estimate of drug-likeness (QED) is 0.263. The van der Waals surface area contributed by atoms with Gasteiger partial charge in [0.2, 0.25) is 20.2 Å². The van der Waals surface area contributed by atoms with Crippen molar-refractivity contribution in [1.82, 2.24) is 4.90 Å². The summed E-state index contributed by atoms with van der Waals surface area (Å²) >= 11 is 0.709. The average Bonchev–Trinajstić information content (AvgIpc) is 3.25. The van der Waals surface area contributed by atoms with Gasteiger partial charge in [-0.1, -0.05) is 18.2 Å². The van der Waals surface area contributed by atoms with E-state index in [-0.39, 0.29) is 39.8 Å². The lowest BCUT2D eigenvalue weighted by Gasteiger charge is -2.23. The number of carbonyl (C=O) groups excluding carboxylic acids is 1. The van der Waals surface area contributed by atoms with Crippen molar-refractivity contribution in [2.75, 3.05) is 13.4 Å². The first-order valence-electron chi connectivity index (χ1n) is 9.82. The van der Waals surface area contributed by atoms with Crippen LogP contribution in [0.3, 0.4) is 0 Å². The molecule has 0 spiro atoms. The molecule has 0 radical (unpaired) electrons. The molecular formula is C21H17N5O7S2. The zero-order valence-electron chi connectivity index (χ0n) is 18.3. The molecule has 0 aromatic heterocycles.